The molecule has 3 aliphatic heterocycles. The molecule has 0 aromatic heterocycles. The van der Waals surface area contributed by atoms with E-state index in [2.05, 4.69) is 0 Å². The zero-order valence-electron chi connectivity index (χ0n) is 18.4. The van der Waals surface area contributed by atoms with Gasteiger partial charge in [0.25, 0.3) is 0 Å². The van der Waals surface area contributed by atoms with Crippen LogP contribution in [0.3, 0.4) is 0 Å². The largest absolute Gasteiger partial charge is 0.507 e. The molecule has 2 aromatic carbocycles. The molecule has 9 nitrogen and oxygen atoms in total. The highest BCUT2D eigenvalue weighted by molar-refractivity contribution is 6.06. The summed E-state index contributed by atoms with van der Waals surface area (Å²) in [6, 6.07) is 9.51. The maximum Gasteiger partial charge on any atom is 0.375 e. The summed E-state index contributed by atoms with van der Waals surface area (Å²) in [5.41, 5.74) is 0.542. The first kappa shape index (κ1) is 21.4. The molecule has 4 bridgehead atoms. The SMILES string of the molecule is O=C1CCC2=C1C(O)OC1=C2C2(Cc3ccc(O)c(c3)-c3cc(ccc3O)CCOC2=O)OC1=O. The molecule has 2 aromatic rings. The van der Waals surface area contributed by atoms with Crippen LogP contribution in [0.5, 0.6) is 11.5 Å². The quantitative estimate of drug-likeness (QED) is 0.487. The first-order chi connectivity index (χ1) is 16.8. The Balaban J connectivity index is 1.55. The fourth-order valence-electron chi connectivity index (χ4n) is 5.29. The van der Waals surface area contributed by atoms with Crippen LogP contribution in [-0.4, -0.2) is 51.5 Å². The summed E-state index contributed by atoms with van der Waals surface area (Å²) in [6.45, 7) is -0.0425. The lowest BCUT2D eigenvalue weighted by atomic mass is 9.80. The minimum absolute atomic E-state index is 0.0200. The van der Waals surface area contributed by atoms with E-state index < -0.39 is 23.8 Å². The summed E-state index contributed by atoms with van der Waals surface area (Å²) in [4.78, 5) is 38.9. The molecule has 2 atom stereocenters. The Labute approximate surface area is 198 Å². The number of aliphatic hydroxyl groups is 1. The van der Waals surface area contributed by atoms with Crippen molar-refractivity contribution >= 4 is 17.7 Å². The normalized spacial score (nSPS) is 25.4. The van der Waals surface area contributed by atoms with E-state index in [1.165, 1.54) is 12.1 Å². The van der Waals surface area contributed by atoms with E-state index in [1.807, 2.05) is 0 Å². The molecule has 0 amide bonds. The number of benzene rings is 2. The summed E-state index contributed by atoms with van der Waals surface area (Å²) >= 11 is 0. The molecule has 0 saturated carbocycles. The van der Waals surface area contributed by atoms with Crippen LogP contribution in [-0.2, 0) is 41.4 Å². The average molecular weight is 476 g/mol. The van der Waals surface area contributed by atoms with Crippen molar-refractivity contribution in [1.82, 2.24) is 0 Å². The van der Waals surface area contributed by atoms with Crippen molar-refractivity contribution in [1.29, 1.82) is 0 Å². The van der Waals surface area contributed by atoms with Crippen LogP contribution in [0.25, 0.3) is 11.1 Å². The molecule has 35 heavy (non-hydrogen) atoms. The van der Waals surface area contributed by atoms with E-state index in [9.17, 15) is 29.7 Å². The third-order valence-corrected chi connectivity index (χ3v) is 6.91. The van der Waals surface area contributed by atoms with Gasteiger partial charge in [-0.15, -0.1) is 0 Å². The summed E-state index contributed by atoms with van der Waals surface area (Å²) in [6.07, 6.45) is -1.15. The fourth-order valence-corrected chi connectivity index (χ4v) is 5.29. The summed E-state index contributed by atoms with van der Waals surface area (Å²) < 4.78 is 16.6. The van der Waals surface area contributed by atoms with Crippen molar-refractivity contribution in [2.45, 2.75) is 37.6 Å². The molecule has 0 saturated heterocycles. The molecule has 3 N–H and O–H groups in total. The molecular formula is C26H20O9. The highest BCUT2D eigenvalue weighted by atomic mass is 16.7. The van der Waals surface area contributed by atoms with E-state index in [-0.39, 0.29) is 60.1 Å². The maximum atomic E-state index is 13.6. The Morgan fingerprint density at radius 3 is 2.31 bits per heavy atom. The monoisotopic (exact) mass is 476 g/mol. The van der Waals surface area contributed by atoms with Crippen molar-refractivity contribution in [3.63, 3.8) is 0 Å². The number of ketones is 1. The van der Waals surface area contributed by atoms with Gasteiger partial charge in [0.15, 0.2) is 5.78 Å². The molecule has 1 spiro atoms. The van der Waals surface area contributed by atoms with Gasteiger partial charge in [0.2, 0.25) is 17.7 Å². The number of Topliss-reactive ketones (excluding diaryl/α,β-unsaturated/α-hetero) is 1. The Morgan fingerprint density at radius 1 is 0.886 bits per heavy atom. The van der Waals surface area contributed by atoms with Gasteiger partial charge in [-0.1, -0.05) is 12.1 Å². The number of aliphatic hydroxyl groups excluding tert-OH is 1. The van der Waals surface area contributed by atoms with E-state index in [0.717, 1.165) is 5.56 Å². The van der Waals surface area contributed by atoms with Crippen molar-refractivity contribution in [3.8, 4) is 22.6 Å². The molecule has 1 aliphatic carbocycles. The topological polar surface area (TPSA) is 140 Å². The van der Waals surface area contributed by atoms with Crippen LogP contribution < -0.4 is 0 Å². The molecule has 3 heterocycles. The fraction of sp³-hybridized carbons (Fsp3) is 0.269. The predicted octanol–water partition coefficient (Wildman–Crippen LogP) is 1.96. The van der Waals surface area contributed by atoms with Crippen molar-refractivity contribution in [3.05, 3.63) is 70.0 Å². The first-order valence-electron chi connectivity index (χ1n) is 11.2. The molecule has 0 radical (unpaired) electrons. The first-order valence-corrected chi connectivity index (χ1v) is 11.2. The van der Waals surface area contributed by atoms with Crippen molar-refractivity contribution < 1.29 is 43.9 Å². The highest BCUT2D eigenvalue weighted by Gasteiger charge is 2.60. The lowest BCUT2D eigenvalue weighted by Crippen LogP contribution is -2.46. The zero-order chi connectivity index (χ0) is 24.5. The van der Waals surface area contributed by atoms with E-state index in [4.69, 9.17) is 14.2 Å². The predicted molar refractivity (Wildman–Crippen MR) is 118 cm³/mol. The number of rotatable bonds is 0. The van der Waals surface area contributed by atoms with E-state index in [0.29, 0.717) is 28.7 Å². The minimum Gasteiger partial charge on any atom is -0.507 e. The van der Waals surface area contributed by atoms with Gasteiger partial charge in [0, 0.05) is 30.4 Å². The van der Waals surface area contributed by atoms with Crippen molar-refractivity contribution in [2.24, 2.45) is 0 Å². The lowest BCUT2D eigenvalue weighted by molar-refractivity contribution is -0.173. The van der Waals surface area contributed by atoms with Crippen LogP contribution in [0.2, 0.25) is 0 Å². The summed E-state index contributed by atoms with van der Waals surface area (Å²) in [5.74, 6) is -2.50. The van der Waals surface area contributed by atoms with Crippen LogP contribution in [0.1, 0.15) is 24.0 Å². The second kappa shape index (κ2) is 7.44. The van der Waals surface area contributed by atoms with E-state index in [1.54, 1.807) is 24.3 Å². The molecular weight excluding hydrogens is 456 g/mol. The average Bonchev–Trinajstić information content (AvgIpc) is 3.34. The van der Waals surface area contributed by atoms with Gasteiger partial charge >= 0.3 is 11.9 Å². The standard InChI is InChI=1S/C26H20O9/c27-17-4-1-12-7-8-33-25(32)26(11-13-2-5-18(28)16(10-13)15(17)9-12)21-14-3-6-19(29)20(14)23(30)34-22(21)24(31)35-26/h1-2,4-5,9-10,23,27-28,30H,3,6-8,11H2. The number of esters is 2. The molecule has 6 rings (SSSR count). The molecule has 9 heteroatoms. The number of cyclic esters (lactones) is 1. The number of aromatic hydroxyl groups is 2. The smallest absolute Gasteiger partial charge is 0.375 e. The molecule has 2 unspecified atom stereocenters. The lowest BCUT2D eigenvalue weighted by Gasteiger charge is -2.31. The van der Waals surface area contributed by atoms with Crippen LogP contribution in [0.15, 0.2) is 58.9 Å². The number of phenols is 2. The van der Waals surface area contributed by atoms with Crippen LogP contribution >= 0.6 is 0 Å². The van der Waals surface area contributed by atoms with Gasteiger partial charge in [-0.3, -0.25) is 4.79 Å². The molecule has 4 aliphatic rings. The second-order valence-electron chi connectivity index (χ2n) is 8.97. The number of phenolic OH excluding ortho intramolecular Hbond substituents is 2. The highest BCUT2D eigenvalue weighted by Crippen LogP contribution is 2.50. The third-order valence-electron chi connectivity index (χ3n) is 6.91. The number of hydrogen-bond donors (Lipinski definition) is 3. The Morgan fingerprint density at radius 2 is 1.57 bits per heavy atom. The second-order valence-corrected chi connectivity index (χ2v) is 8.97. The summed E-state index contributed by atoms with van der Waals surface area (Å²) in [5, 5.41) is 31.3. The van der Waals surface area contributed by atoms with Gasteiger partial charge in [0.1, 0.15) is 11.5 Å². The Kier molecular flexibility index (Phi) is 4.56. The number of fused-ring (bicyclic) bond motifs is 7. The minimum atomic E-state index is -1.94. The summed E-state index contributed by atoms with van der Waals surface area (Å²) in [7, 11) is 0. The van der Waals surface area contributed by atoms with Gasteiger partial charge in [-0.05, 0) is 47.4 Å². The maximum absolute atomic E-state index is 13.6. The van der Waals surface area contributed by atoms with Crippen LogP contribution in [0.4, 0.5) is 0 Å². The van der Waals surface area contributed by atoms with Gasteiger partial charge in [-0.25, -0.2) is 9.59 Å². The number of carbonyl (C=O) groups is 3. The number of carbonyl (C=O) groups excluding carboxylic acids is 3. The number of ether oxygens (including phenoxy) is 3. The van der Waals surface area contributed by atoms with Crippen molar-refractivity contribution in [2.75, 3.05) is 6.61 Å². The third kappa shape index (κ3) is 3.08. The zero-order valence-corrected chi connectivity index (χ0v) is 18.4. The van der Waals surface area contributed by atoms with Crippen LogP contribution in [0, 0.1) is 0 Å². The Hall–Kier alpha value is -4.11. The van der Waals surface area contributed by atoms with Gasteiger partial charge in [-0.2, -0.15) is 0 Å². The van der Waals surface area contributed by atoms with Gasteiger partial charge in [0.05, 0.1) is 17.8 Å². The Bertz CT molecular complexity index is 1400. The molecule has 178 valence electrons. The van der Waals surface area contributed by atoms with E-state index >= 15 is 0 Å². The van der Waals surface area contributed by atoms with Gasteiger partial charge < -0.3 is 29.5 Å². The number of hydrogen-bond acceptors (Lipinski definition) is 9. The molecule has 0 fully saturated rings.